The first kappa shape index (κ1) is 22.3. The zero-order chi connectivity index (χ0) is 23.9. The van der Waals surface area contributed by atoms with Gasteiger partial charge in [0.15, 0.2) is 0 Å². The third kappa shape index (κ3) is 3.40. The van der Waals surface area contributed by atoms with Crippen LogP contribution < -0.4 is 14.4 Å². The van der Waals surface area contributed by atoms with Crippen molar-refractivity contribution in [2.75, 3.05) is 18.6 Å². The van der Waals surface area contributed by atoms with Crippen LogP contribution in [0.2, 0.25) is 0 Å². The number of carbonyl (C=O) groups is 1. The molecule has 0 radical (unpaired) electrons. The molecule has 0 saturated heterocycles. The molecule has 0 bridgehead atoms. The van der Waals surface area contributed by atoms with Crippen LogP contribution in [0.15, 0.2) is 59.6 Å². The molecule has 6 nitrogen and oxygen atoms in total. The van der Waals surface area contributed by atoms with E-state index in [0.717, 1.165) is 53.0 Å². The lowest BCUT2D eigenvalue weighted by atomic mass is 9.77. The number of hydrogen-bond donors (Lipinski definition) is 1. The summed E-state index contributed by atoms with van der Waals surface area (Å²) in [5.41, 5.74) is 2.09. The van der Waals surface area contributed by atoms with Crippen LogP contribution in [0.3, 0.4) is 0 Å². The molecule has 2 heterocycles. The van der Waals surface area contributed by atoms with E-state index in [9.17, 15) is 4.79 Å². The van der Waals surface area contributed by atoms with Crippen LogP contribution in [0.25, 0.3) is 10.8 Å². The Morgan fingerprint density at radius 1 is 1.09 bits per heavy atom. The van der Waals surface area contributed by atoms with Crippen molar-refractivity contribution in [1.29, 1.82) is 0 Å². The van der Waals surface area contributed by atoms with Gasteiger partial charge >= 0.3 is 5.97 Å². The van der Waals surface area contributed by atoms with Gasteiger partial charge in [0.2, 0.25) is 5.72 Å². The van der Waals surface area contributed by atoms with E-state index in [2.05, 4.69) is 49.1 Å². The fourth-order valence-electron chi connectivity index (χ4n) is 5.33. The molecule has 2 aliphatic rings. The van der Waals surface area contributed by atoms with Gasteiger partial charge in [0.1, 0.15) is 17.2 Å². The Morgan fingerprint density at radius 2 is 1.91 bits per heavy atom. The van der Waals surface area contributed by atoms with Gasteiger partial charge in [-0.3, -0.25) is 9.79 Å². The van der Waals surface area contributed by atoms with E-state index in [-0.39, 0.29) is 11.8 Å². The van der Waals surface area contributed by atoms with Crippen LogP contribution in [-0.4, -0.2) is 36.7 Å². The van der Waals surface area contributed by atoms with Crippen molar-refractivity contribution >= 4 is 34.3 Å². The van der Waals surface area contributed by atoms with Gasteiger partial charge in [-0.25, -0.2) is 0 Å². The average Bonchev–Trinajstić information content (AvgIpc) is 3.01. The Morgan fingerprint density at radius 3 is 2.71 bits per heavy atom. The van der Waals surface area contributed by atoms with Crippen LogP contribution in [0.1, 0.15) is 45.1 Å². The van der Waals surface area contributed by atoms with Gasteiger partial charge in [-0.1, -0.05) is 30.7 Å². The number of para-hydroxylation sites is 1. The second-order valence-corrected chi connectivity index (χ2v) is 9.55. The van der Waals surface area contributed by atoms with Crippen molar-refractivity contribution in [3.8, 4) is 11.5 Å². The zero-order valence-corrected chi connectivity index (χ0v) is 19.9. The lowest BCUT2D eigenvalue weighted by Gasteiger charge is -2.46. The number of anilines is 1. The van der Waals surface area contributed by atoms with Gasteiger partial charge in [-0.15, -0.1) is 0 Å². The first-order chi connectivity index (χ1) is 16.4. The van der Waals surface area contributed by atoms with Crippen LogP contribution in [0, 0.1) is 0 Å². The maximum absolute atomic E-state index is 10.9. The van der Waals surface area contributed by atoms with Crippen LogP contribution in [-0.2, 0) is 10.2 Å². The highest BCUT2D eigenvalue weighted by Gasteiger charge is 2.59. The molecular formula is C28H30N2O4. The number of ether oxygens (including phenoxy) is 2. The van der Waals surface area contributed by atoms with Gasteiger partial charge in [-0.2, -0.15) is 0 Å². The molecule has 1 atom stereocenters. The smallest absolute Gasteiger partial charge is 0.303 e. The maximum atomic E-state index is 10.9. The lowest BCUT2D eigenvalue weighted by molar-refractivity contribution is -0.137. The van der Waals surface area contributed by atoms with Gasteiger partial charge in [0.25, 0.3) is 0 Å². The number of methoxy groups -OCH3 is 1. The quantitative estimate of drug-likeness (QED) is 0.434. The summed E-state index contributed by atoms with van der Waals surface area (Å²) >= 11 is 0. The largest absolute Gasteiger partial charge is 0.497 e. The summed E-state index contributed by atoms with van der Waals surface area (Å²) in [5.74, 6) is 0.830. The topological polar surface area (TPSA) is 71.4 Å². The second kappa shape index (κ2) is 8.35. The number of nitrogens with zero attached hydrogens (tertiary/aromatic N) is 2. The highest BCUT2D eigenvalue weighted by Crippen LogP contribution is 2.54. The van der Waals surface area contributed by atoms with E-state index >= 15 is 0 Å². The summed E-state index contributed by atoms with van der Waals surface area (Å²) in [7, 11) is 1.67. The zero-order valence-electron chi connectivity index (χ0n) is 19.9. The standard InChI is InChI=1S/C28H30N2O4/c1-27(2)22-9-6-7-10-23(22)30(16-8-4-5-11-25(31)32)28(27)18-29-26-21-14-13-20(33-3)17-19(21)12-15-24(26)34-28/h6-7,9-10,12-15,17-18H,4-5,8,11,16H2,1-3H3,(H,31,32). The molecular weight excluding hydrogens is 428 g/mol. The van der Waals surface area contributed by atoms with Crippen LogP contribution in [0.4, 0.5) is 11.4 Å². The SMILES string of the molecule is COc1ccc2c3c(ccc2c1)OC1(C=N3)N(CCCCCC(=O)O)c2ccccc2C1(C)C. The Kier molecular flexibility index (Phi) is 5.47. The molecule has 0 aromatic heterocycles. The predicted octanol–water partition coefficient (Wildman–Crippen LogP) is 6.08. The van der Waals surface area contributed by atoms with Gasteiger partial charge in [0.05, 0.1) is 18.7 Å². The summed E-state index contributed by atoms with van der Waals surface area (Å²) in [4.78, 5) is 18.2. The molecule has 3 aromatic carbocycles. The molecule has 6 heteroatoms. The molecule has 2 aliphatic heterocycles. The number of unbranched alkanes of at least 4 members (excludes halogenated alkanes) is 2. The summed E-state index contributed by atoms with van der Waals surface area (Å²) in [6.07, 6.45) is 4.57. The maximum Gasteiger partial charge on any atom is 0.303 e. The normalized spacial score (nSPS) is 19.7. The molecule has 1 unspecified atom stereocenters. The first-order valence-electron chi connectivity index (χ1n) is 11.8. The van der Waals surface area contributed by atoms with E-state index in [1.165, 1.54) is 5.56 Å². The van der Waals surface area contributed by atoms with E-state index in [4.69, 9.17) is 19.6 Å². The number of aliphatic imine (C=N–C) groups is 1. The third-order valence-electron chi connectivity index (χ3n) is 7.23. The molecule has 0 amide bonds. The van der Waals surface area contributed by atoms with E-state index in [1.54, 1.807) is 7.11 Å². The monoisotopic (exact) mass is 458 g/mol. The minimum Gasteiger partial charge on any atom is -0.497 e. The van der Waals surface area contributed by atoms with Crippen molar-refractivity contribution < 1.29 is 19.4 Å². The molecule has 0 aliphatic carbocycles. The number of benzene rings is 3. The van der Waals surface area contributed by atoms with Crippen LogP contribution in [0.5, 0.6) is 11.5 Å². The first-order valence-corrected chi connectivity index (χ1v) is 11.8. The number of fused-ring (bicyclic) bond motifs is 4. The summed E-state index contributed by atoms with van der Waals surface area (Å²) in [6, 6.07) is 18.5. The highest BCUT2D eigenvalue weighted by atomic mass is 16.5. The predicted molar refractivity (Wildman–Crippen MR) is 135 cm³/mol. The van der Waals surface area contributed by atoms with Gasteiger partial charge in [-0.05, 0) is 68.0 Å². The fraction of sp³-hybridized carbons (Fsp3) is 0.357. The van der Waals surface area contributed by atoms with E-state index < -0.39 is 11.7 Å². The Bertz CT molecular complexity index is 1280. The number of rotatable bonds is 7. The number of carboxylic acids is 1. The van der Waals surface area contributed by atoms with Crippen molar-refractivity contribution in [3.63, 3.8) is 0 Å². The molecule has 1 spiro atoms. The fourth-order valence-corrected chi connectivity index (χ4v) is 5.33. The molecule has 34 heavy (non-hydrogen) atoms. The summed E-state index contributed by atoms with van der Waals surface area (Å²) in [5, 5.41) is 11.0. The number of carboxylic acid groups (broad SMARTS) is 1. The number of hydrogen-bond acceptors (Lipinski definition) is 5. The highest BCUT2D eigenvalue weighted by molar-refractivity contribution is 6.00. The van der Waals surface area contributed by atoms with E-state index in [1.807, 2.05) is 30.5 Å². The lowest BCUT2D eigenvalue weighted by Crippen LogP contribution is -2.62. The molecule has 176 valence electrons. The minimum absolute atomic E-state index is 0.205. The molecule has 1 N–H and O–H groups in total. The van der Waals surface area contributed by atoms with Crippen molar-refractivity contribution in [2.24, 2.45) is 4.99 Å². The third-order valence-corrected chi connectivity index (χ3v) is 7.23. The van der Waals surface area contributed by atoms with Crippen molar-refractivity contribution in [1.82, 2.24) is 0 Å². The minimum atomic E-state index is -0.767. The van der Waals surface area contributed by atoms with Gasteiger partial charge in [0, 0.05) is 24.0 Å². The summed E-state index contributed by atoms with van der Waals surface area (Å²) in [6.45, 7) is 5.17. The Labute approximate surface area is 199 Å². The molecule has 3 aromatic rings. The van der Waals surface area contributed by atoms with Crippen LogP contribution >= 0.6 is 0 Å². The van der Waals surface area contributed by atoms with Gasteiger partial charge < -0.3 is 19.5 Å². The molecule has 0 fully saturated rings. The molecule has 5 rings (SSSR count). The Balaban J connectivity index is 1.52. The molecule has 0 saturated carbocycles. The van der Waals surface area contributed by atoms with Crippen molar-refractivity contribution in [2.45, 2.75) is 50.7 Å². The Hall–Kier alpha value is -3.54. The van der Waals surface area contributed by atoms with E-state index in [0.29, 0.717) is 6.42 Å². The van der Waals surface area contributed by atoms with Crippen molar-refractivity contribution in [3.05, 3.63) is 60.2 Å². The summed E-state index contributed by atoms with van der Waals surface area (Å²) < 4.78 is 12.3. The second-order valence-electron chi connectivity index (χ2n) is 9.55. The average molecular weight is 459 g/mol. The number of aliphatic carboxylic acids is 1.